The maximum Gasteiger partial charge on any atom is 0.0826 e. The fourth-order valence-corrected chi connectivity index (χ4v) is 3.00. The first-order chi connectivity index (χ1) is 9.90. The second kappa shape index (κ2) is 7.18. The Balaban J connectivity index is 1.40. The molecule has 0 aliphatic carbocycles. The zero-order valence-electron chi connectivity index (χ0n) is 12.1. The number of morpholine rings is 1. The number of nitrogens with one attached hydrogen (secondary N) is 1. The van der Waals surface area contributed by atoms with Crippen LogP contribution in [0.1, 0.15) is 5.56 Å². The molecule has 0 radical (unpaired) electrons. The molecule has 2 heterocycles. The zero-order valence-corrected chi connectivity index (χ0v) is 12.1. The molecule has 2 saturated heterocycles. The lowest BCUT2D eigenvalue weighted by Crippen LogP contribution is -2.51. The highest BCUT2D eigenvalue weighted by molar-refractivity contribution is 5.14. The van der Waals surface area contributed by atoms with Gasteiger partial charge in [-0.2, -0.15) is 0 Å². The molecule has 3 rings (SSSR count). The van der Waals surface area contributed by atoms with E-state index in [1.807, 2.05) is 0 Å². The number of nitrogens with zero attached hydrogens (tertiary/aromatic N) is 2. The summed E-state index contributed by atoms with van der Waals surface area (Å²) in [6, 6.07) is 10.8. The van der Waals surface area contributed by atoms with Gasteiger partial charge in [-0.05, 0) is 5.56 Å². The van der Waals surface area contributed by atoms with Crippen LogP contribution < -0.4 is 5.32 Å². The Morgan fingerprint density at radius 1 is 1.05 bits per heavy atom. The fraction of sp³-hybridized carbons (Fsp3) is 0.625. The maximum absolute atomic E-state index is 5.79. The summed E-state index contributed by atoms with van der Waals surface area (Å²) in [6.45, 7) is 9.66. The fourth-order valence-electron chi connectivity index (χ4n) is 3.00. The van der Waals surface area contributed by atoms with E-state index in [2.05, 4.69) is 45.4 Å². The van der Waals surface area contributed by atoms with Gasteiger partial charge in [0.15, 0.2) is 0 Å². The molecule has 2 aliphatic heterocycles. The number of benzene rings is 1. The molecule has 20 heavy (non-hydrogen) atoms. The van der Waals surface area contributed by atoms with Gasteiger partial charge in [0.05, 0.1) is 12.7 Å². The average Bonchev–Trinajstić information content (AvgIpc) is 2.51. The molecular weight excluding hydrogens is 250 g/mol. The van der Waals surface area contributed by atoms with Crippen molar-refractivity contribution < 1.29 is 4.74 Å². The minimum Gasteiger partial charge on any atom is -0.374 e. The second-order valence-corrected chi connectivity index (χ2v) is 5.76. The van der Waals surface area contributed by atoms with Crippen LogP contribution in [0.25, 0.3) is 0 Å². The summed E-state index contributed by atoms with van der Waals surface area (Å²) in [5, 5.41) is 3.40. The molecule has 1 aromatic rings. The van der Waals surface area contributed by atoms with Crippen molar-refractivity contribution in [3.8, 4) is 0 Å². The van der Waals surface area contributed by atoms with E-state index in [-0.39, 0.29) is 0 Å². The molecular formula is C16H25N3O. The summed E-state index contributed by atoms with van der Waals surface area (Å²) in [5.41, 5.74) is 1.42. The van der Waals surface area contributed by atoms with Crippen molar-refractivity contribution in [1.29, 1.82) is 0 Å². The molecule has 2 fully saturated rings. The number of rotatable bonds is 4. The lowest BCUT2D eigenvalue weighted by molar-refractivity contribution is -0.00452. The van der Waals surface area contributed by atoms with Crippen molar-refractivity contribution in [2.75, 3.05) is 52.4 Å². The van der Waals surface area contributed by atoms with Gasteiger partial charge in [0.25, 0.3) is 0 Å². The number of hydrogen-bond donors (Lipinski definition) is 1. The molecule has 1 N–H and O–H groups in total. The van der Waals surface area contributed by atoms with Crippen LogP contribution in [-0.2, 0) is 11.3 Å². The molecule has 0 spiro atoms. The van der Waals surface area contributed by atoms with Gasteiger partial charge >= 0.3 is 0 Å². The molecule has 1 atom stereocenters. The van der Waals surface area contributed by atoms with Crippen LogP contribution in [0.3, 0.4) is 0 Å². The van der Waals surface area contributed by atoms with Crippen molar-refractivity contribution in [2.24, 2.45) is 0 Å². The van der Waals surface area contributed by atoms with Gasteiger partial charge in [-0.25, -0.2) is 0 Å². The van der Waals surface area contributed by atoms with Crippen molar-refractivity contribution in [2.45, 2.75) is 12.6 Å². The molecule has 0 aromatic heterocycles. The van der Waals surface area contributed by atoms with Crippen LogP contribution in [-0.4, -0.2) is 68.3 Å². The van der Waals surface area contributed by atoms with Gasteiger partial charge in [-0.3, -0.25) is 9.80 Å². The molecule has 2 aliphatic rings. The van der Waals surface area contributed by atoms with Crippen LogP contribution in [0.5, 0.6) is 0 Å². The highest BCUT2D eigenvalue weighted by Gasteiger charge is 2.21. The maximum atomic E-state index is 5.79. The molecule has 4 heteroatoms. The van der Waals surface area contributed by atoms with Gasteiger partial charge in [-0.15, -0.1) is 0 Å². The number of hydrogen-bond acceptors (Lipinski definition) is 4. The number of ether oxygens (including phenoxy) is 1. The highest BCUT2D eigenvalue weighted by atomic mass is 16.5. The topological polar surface area (TPSA) is 27.7 Å². The van der Waals surface area contributed by atoms with E-state index in [0.717, 1.165) is 59.0 Å². The van der Waals surface area contributed by atoms with Crippen LogP contribution in [0.4, 0.5) is 0 Å². The Labute approximate surface area is 121 Å². The predicted molar refractivity (Wildman–Crippen MR) is 80.8 cm³/mol. The Bertz CT molecular complexity index is 384. The summed E-state index contributed by atoms with van der Waals surface area (Å²) < 4.78 is 5.79. The van der Waals surface area contributed by atoms with E-state index in [1.54, 1.807) is 0 Å². The second-order valence-electron chi connectivity index (χ2n) is 5.76. The first kappa shape index (κ1) is 14.0. The van der Waals surface area contributed by atoms with E-state index in [9.17, 15) is 0 Å². The van der Waals surface area contributed by atoms with Gasteiger partial charge in [-0.1, -0.05) is 30.3 Å². The van der Waals surface area contributed by atoms with Gasteiger partial charge in [0, 0.05) is 52.4 Å². The normalized spacial score (nSPS) is 25.7. The smallest absolute Gasteiger partial charge is 0.0826 e. The van der Waals surface area contributed by atoms with Crippen molar-refractivity contribution in [3.63, 3.8) is 0 Å². The quantitative estimate of drug-likeness (QED) is 0.879. The molecule has 0 amide bonds. The summed E-state index contributed by atoms with van der Waals surface area (Å²) in [4.78, 5) is 5.09. The summed E-state index contributed by atoms with van der Waals surface area (Å²) in [6.07, 6.45) is 0.379. The average molecular weight is 275 g/mol. The molecule has 0 bridgehead atoms. The van der Waals surface area contributed by atoms with E-state index < -0.39 is 0 Å². The van der Waals surface area contributed by atoms with Crippen LogP contribution in [0.2, 0.25) is 0 Å². The SMILES string of the molecule is c1ccc(CN2CCN(CC3CNCCO3)CC2)cc1. The molecule has 110 valence electrons. The van der Waals surface area contributed by atoms with E-state index >= 15 is 0 Å². The third-order valence-electron chi connectivity index (χ3n) is 4.18. The van der Waals surface area contributed by atoms with Crippen molar-refractivity contribution in [3.05, 3.63) is 35.9 Å². The van der Waals surface area contributed by atoms with E-state index in [0.29, 0.717) is 6.10 Å². The molecule has 1 aromatic carbocycles. The summed E-state index contributed by atoms with van der Waals surface area (Å²) in [7, 11) is 0. The van der Waals surface area contributed by atoms with Crippen molar-refractivity contribution >= 4 is 0 Å². The standard InChI is InChI=1S/C16H25N3O/c1-2-4-15(5-3-1)13-18-7-9-19(10-8-18)14-16-12-17-6-11-20-16/h1-5,16-17H,6-14H2. The third kappa shape index (κ3) is 4.03. The summed E-state index contributed by atoms with van der Waals surface area (Å²) >= 11 is 0. The monoisotopic (exact) mass is 275 g/mol. The minimum atomic E-state index is 0.379. The molecule has 4 nitrogen and oxygen atoms in total. The van der Waals surface area contributed by atoms with Crippen molar-refractivity contribution in [1.82, 2.24) is 15.1 Å². The van der Waals surface area contributed by atoms with Crippen LogP contribution in [0, 0.1) is 0 Å². The van der Waals surface area contributed by atoms with Crippen LogP contribution >= 0.6 is 0 Å². The van der Waals surface area contributed by atoms with Crippen LogP contribution in [0.15, 0.2) is 30.3 Å². The Morgan fingerprint density at radius 3 is 2.50 bits per heavy atom. The van der Waals surface area contributed by atoms with Gasteiger partial charge in [0.1, 0.15) is 0 Å². The number of piperazine rings is 1. The van der Waals surface area contributed by atoms with Gasteiger partial charge in [0.2, 0.25) is 0 Å². The Morgan fingerprint density at radius 2 is 1.80 bits per heavy atom. The highest BCUT2D eigenvalue weighted by Crippen LogP contribution is 2.09. The largest absolute Gasteiger partial charge is 0.374 e. The minimum absolute atomic E-state index is 0.379. The Kier molecular flexibility index (Phi) is 5.03. The molecule has 1 unspecified atom stereocenters. The predicted octanol–water partition coefficient (Wildman–Crippen LogP) is 0.793. The van der Waals surface area contributed by atoms with E-state index in [4.69, 9.17) is 4.74 Å². The summed E-state index contributed by atoms with van der Waals surface area (Å²) in [5.74, 6) is 0. The first-order valence-electron chi connectivity index (χ1n) is 7.71. The molecule has 0 saturated carbocycles. The first-order valence-corrected chi connectivity index (χ1v) is 7.71. The Hall–Kier alpha value is -0.940. The van der Waals surface area contributed by atoms with E-state index in [1.165, 1.54) is 5.56 Å². The zero-order chi connectivity index (χ0) is 13.6. The third-order valence-corrected chi connectivity index (χ3v) is 4.18. The van der Waals surface area contributed by atoms with Gasteiger partial charge < -0.3 is 10.1 Å². The lowest BCUT2D eigenvalue weighted by atomic mass is 10.2. The lowest BCUT2D eigenvalue weighted by Gasteiger charge is -2.37.